The largest absolute Gasteiger partial charge is 0.352 e. The minimum absolute atomic E-state index is 0. The molecule has 1 fully saturated rings. The molecular weight excluding hydrogens is 423 g/mol. The number of hydrogen-bond donors (Lipinski definition) is 1. The average molecular weight is 451 g/mol. The molecule has 2 heterocycles. The number of aromatic nitrogens is 1. The fourth-order valence-corrected chi connectivity index (χ4v) is 3.46. The van der Waals surface area contributed by atoms with E-state index in [1.54, 1.807) is 6.20 Å². The van der Waals surface area contributed by atoms with E-state index in [2.05, 4.69) is 34.0 Å². The Morgan fingerprint density at radius 3 is 2.74 bits per heavy atom. The number of rotatable bonds is 5. The van der Waals surface area contributed by atoms with E-state index >= 15 is 0 Å². The zero-order chi connectivity index (χ0) is 15.9. The summed E-state index contributed by atoms with van der Waals surface area (Å²) >= 11 is 5.81. The van der Waals surface area contributed by atoms with Crippen molar-refractivity contribution in [3.8, 4) is 0 Å². The third-order valence-corrected chi connectivity index (χ3v) is 4.91. The molecule has 0 aliphatic carbocycles. The van der Waals surface area contributed by atoms with Crippen LogP contribution in [0.15, 0.2) is 23.3 Å². The number of pyridine rings is 1. The standard InChI is InChI=1S/C17H27ClN4.HI/c1-4-14(5-2)15-8-9-22(12-15)17(19-3)21-11-13-6-7-16(18)20-10-13;/h6-7,10,14-15H,4-5,8-9,11-12H2,1-3H3,(H,19,21);1H. The van der Waals surface area contributed by atoms with Crippen LogP contribution >= 0.6 is 35.6 Å². The Hall–Kier alpha value is -0.560. The Morgan fingerprint density at radius 2 is 2.17 bits per heavy atom. The summed E-state index contributed by atoms with van der Waals surface area (Å²) in [5, 5.41) is 3.96. The minimum Gasteiger partial charge on any atom is -0.352 e. The lowest BCUT2D eigenvalue weighted by Crippen LogP contribution is -2.40. The monoisotopic (exact) mass is 450 g/mol. The fraction of sp³-hybridized carbons (Fsp3) is 0.647. The molecule has 0 bridgehead atoms. The molecule has 2 rings (SSSR count). The van der Waals surface area contributed by atoms with Crippen molar-refractivity contribution in [2.24, 2.45) is 16.8 Å². The van der Waals surface area contributed by atoms with E-state index in [1.165, 1.54) is 19.3 Å². The van der Waals surface area contributed by atoms with Gasteiger partial charge in [0.15, 0.2) is 5.96 Å². The molecule has 0 saturated carbocycles. The van der Waals surface area contributed by atoms with Gasteiger partial charge >= 0.3 is 0 Å². The van der Waals surface area contributed by atoms with Crippen molar-refractivity contribution in [3.63, 3.8) is 0 Å². The lowest BCUT2D eigenvalue weighted by molar-refractivity contribution is 0.319. The number of halogens is 2. The Bertz CT molecular complexity index is 488. The highest BCUT2D eigenvalue weighted by Crippen LogP contribution is 2.28. The molecule has 6 heteroatoms. The number of nitrogens with zero attached hydrogens (tertiary/aromatic N) is 3. The van der Waals surface area contributed by atoms with E-state index in [1.807, 2.05) is 19.2 Å². The third-order valence-electron chi connectivity index (χ3n) is 4.69. The molecule has 0 spiro atoms. The van der Waals surface area contributed by atoms with Crippen molar-refractivity contribution in [1.29, 1.82) is 0 Å². The Balaban J connectivity index is 0.00000264. The molecule has 1 N–H and O–H groups in total. The summed E-state index contributed by atoms with van der Waals surface area (Å²) in [6.45, 7) is 7.54. The van der Waals surface area contributed by atoms with Gasteiger partial charge in [0.05, 0.1) is 0 Å². The van der Waals surface area contributed by atoms with Gasteiger partial charge in [-0.1, -0.05) is 44.4 Å². The van der Waals surface area contributed by atoms with Crippen LogP contribution in [0.5, 0.6) is 0 Å². The van der Waals surface area contributed by atoms with Gasteiger partial charge in [-0.25, -0.2) is 4.98 Å². The molecule has 0 amide bonds. The maximum Gasteiger partial charge on any atom is 0.193 e. The van der Waals surface area contributed by atoms with Gasteiger partial charge in [0.25, 0.3) is 0 Å². The van der Waals surface area contributed by atoms with E-state index in [9.17, 15) is 0 Å². The molecule has 1 atom stereocenters. The lowest BCUT2D eigenvalue weighted by atomic mass is 9.87. The molecule has 1 aliphatic rings. The molecule has 23 heavy (non-hydrogen) atoms. The summed E-state index contributed by atoms with van der Waals surface area (Å²) in [6, 6.07) is 3.81. The molecule has 1 aromatic heterocycles. The highest BCUT2D eigenvalue weighted by atomic mass is 127. The van der Waals surface area contributed by atoms with Crippen LogP contribution in [0.1, 0.15) is 38.7 Å². The Labute approximate surface area is 162 Å². The first-order chi connectivity index (χ1) is 10.7. The van der Waals surface area contributed by atoms with Gasteiger partial charge < -0.3 is 10.2 Å². The van der Waals surface area contributed by atoms with Crippen molar-refractivity contribution in [2.75, 3.05) is 20.1 Å². The molecular formula is C17H28ClIN4. The number of nitrogens with one attached hydrogen (secondary N) is 1. The van der Waals surface area contributed by atoms with Crippen LogP contribution in [-0.2, 0) is 6.54 Å². The predicted octanol–water partition coefficient (Wildman–Crippen LogP) is 4.19. The van der Waals surface area contributed by atoms with Crippen LogP contribution in [0.3, 0.4) is 0 Å². The highest BCUT2D eigenvalue weighted by Gasteiger charge is 2.29. The first-order valence-electron chi connectivity index (χ1n) is 8.23. The molecule has 0 radical (unpaired) electrons. The van der Waals surface area contributed by atoms with E-state index in [-0.39, 0.29) is 24.0 Å². The number of guanidine groups is 1. The van der Waals surface area contributed by atoms with Crippen molar-refractivity contribution in [3.05, 3.63) is 29.0 Å². The number of hydrogen-bond acceptors (Lipinski definition) is 2. The molecule has 1 aliphatic heterocycles. The predicted molar refractivity (Wildman–Crippen MR) is 109 cm³/mol. The van der Waals surface area contributed by atoms with E-state index in [4.69, 9.17) is 11.6 Å². The van der Waals surface area contributed by atoms with Crippen LogP contribution < -0.4 is 5.32 Å². The van der Waals surface area contributed by atoms with Gasteiger partial charge in [0.1, 0.15) is 5.15 Å². The van der Waals surface area contributed by atoms with E-state index < -0.39 is 0 Å². The second kappa shape index (κ2) is 10.3. The summed E-state index contributed by atoms with van der Waals surface area (Å²) in [5.41, 5.74) is 1.11. The second-order valence-corrected chi connectivity index (χ2v) is 6.35. The third kappa shape index (κ3) is 5.78. The van der Waals surface area contributed by atoms with Gasteiger partial charge in [-0.2, -0.15) is 0 Å². The fourth-order valence-electron chi connectivity index (χ4n) is 3.34. The number of aliphatic imine (C=N–C) groups is 1. The van der Waals surface area contributed by atoms with Gasteiger partial charge in [0, 0.05) is 32.9 Å². The maximum atomic E-state index is 5.81. The maximum absolute atomic E-state index is 5.81. The van der Waals surface area contributed by atoms with Gasteiger partial charge in [-0.15, -0.1) is 24.0 Å². The lowest BCUT2D eigenvalue weighted by Gasteiger charge is -2.24. The summed E-state index contributed by atoms with van der Waals surface area (Å²) in [7, 11) is 1.85. The molecule has 0 aromatic carbocycles. The van der Waals surface area contributed by atoms with Crippen LogP contribution in [0.2, 0.25) is 5.15 Å². The summed E-state index contributed by atoms with van der Waals surface area (Å²) in [6.07, 6.45) is 5.63. The minimum atomic E-state index is 0. The van der Waals surface area contributed by atoms with Crippen LogP contribution in [0.4, 0.5) is 0 Å². The van der Waals surface area contributed by atoms with Gasteiger partial charge in [0.2, 0.25) is 0 Å². The van der Waals surface area contributed by atoms with E-state index in [0.29, 0.717) is 5.15 Å². The topological polar surface area (TPSA) is 40.5 Å². The van der Waals surface area contributed by atoms with Crippen molar-refractivity contribution < 1.29 is 0 Å². The Kier molecular flexibility index (Phi) is 9.20. The molecule has 4 nitrogen and oxygen atoms in total. The van der Waals surface area contributed by atoms with Crippen molar-refractivity contribution in [2.45, 2.75) is 39.7 Å². The highest BCUT2D eigenvalue weighted by molar-refractivity contribution is 14.0. The molecule has 1 saturated heterocycles. The smallest absolute Gasteiger partial charge is 0.193 e. The van der Waals surface area contributed by atoms with E-state index in [0.717, 1.165) is 43.0 Å². The van der Waals surface area contributed by atoms with Crippen LogP contribution in [0.25, 0.3) is 0 Å². The normalized spacial score (nSPS) is 18.2. The SMILES string of the molecule is CCC(CC)C1CCN(C(=NC)NCc2ccc(Cl)nc2)C1.I. The summed E-state index contributed by atoms with van der Waals surface area (Å²) in [5.74, 6) is 2.62. The molecule has 1 unspecified atom stereocenters. The van der Waals surface area contributed by atoms with Crippen molar-refractivity contribution >= 4 is 41.5 Å². The first kappa shape index (κ1) is 20.5. The summed E-state index contributed by atoms with van der Waals surface area (Å²) < 4.78 is 0. The van der Waals surface area contributed by atoms with Crippen molar-refractivity contribution in [1.82, 2.24) is 15.2 Å². The first-order valence-corrected chi connectivity index (χ1v) is 8.61. The Morgan fingerprint density at radius 1 is 1.43 bits per heavy atom. The average Bonchev–Trinajstić information content (AvgIpc) is 3.01. The quantitative estimate of drug-likeness (QED) is 0.316. The summed E-state index contributed by atoms with van der Waals surface area (Å²) in [4.78, 5) is 10.9. The zero-order valence-electron chi connectivity index (χ0n) is 14.3. The molecule has 130 valence electrons. The van der Waals surface area contributed by atoms with Crippen LogP contribution in [-0.4, -0.2) is 36.0 Å². The van der Waals surface area contributed by atoms with Gasteiger partial charge in [-0.3, -0.25) is 4.99 Å². The zero-order valence-corrected chi connectivity index (χ0v) is 17.3. The van der Waals surface area contributed by atoms with Crippen LogP contribution in [0, 0.1) is 11.8 Å². The second-order valence-electron chi connectivity index (χ2n) is 5.96. The molecule has 1 aromatic rings. The van der Waals surface area contributed by atoms with Gasteiger partial charge in [-0.05, 0) is 29.9 Å². The number of likely N-dealkylation sites (tertiary alicyclic amines) is 1.